The van der Waals surface area contributed by atoms with E-state index in [2.05, 4.69) is 41.3 Å². The number of para-hydroxylation sites is 1. The Morgan fingerprint density at radius 2 is 1.65 bits per heavy atom. The van der Waals surface area contributed by atoms with E-state index in [0.29, 0.717) is 6.61 Å². The fourth-order valence-corrected chi connectivity index (χ4v) is 3.07. The van der Waals surface area contributed by atoms with Gasteiger partial charge < -0.3 is 14.1 Å². The molecule has 0 bridgehead atoms. The lowest BCUT2D eigenvalue weighted by atomic mass is 9.95. The fraction of sp³-hybridized carbons (Fsp3) is 0.200. The van der Waals surface area contributed by atoms with Gasteiger partial charge in [0.05, 0.1) is 12.9 Å². The van der Waals surface area contributed by atoms with Crippen molar-refractivity contribution in [3.63, 3.8) is 0 Å². The van der Waals surface area contributed by atoms with E-state index in [1.807, 2.05) is 36.4 Å². The van der Waals surface area contributed by atoms with Crippen LogP contribution in [0, 0.1) is 0 Å². The number of hydrogen-bond acceptors (Lipinski definition) is 3. The standard InChI is InChI=1S/C20H19NO2/c1-3-8-16(9-4-1)15-23-19-14-21(17-10-5-2-6-11-17)20(19)18-12-7-13-22-18/h1-13,19-20H,14-15H2/t19-,20+/m1/s1. The zero-order valence-electron chi connectivity index (χ0n) is 12.8. The van der Waals surface area contributed by atoms with E-state index in [0.717, 1.165) is 12.3 Å². The van der Waals surface area contributed by atoms with Gasteiger partial charge in [0.25, 0.3) is 0 Å². The maximum absolute atomic E-state index is 6.15. The molecule has 1 aliphatic heterocycles. The van der Waals surface area contributed by atoms with Crippen LogP contribution in [-0.4, -0.2) is 12.6 Å². The number of ether oxygens (including phenoxy) is 1. The predicted octanol–water partition coefficient (Wildman–Crippen LogP) is 4.43. The van der Waals surface area contributed by atoms with Crippen LogP contribution < -0.4 is 4.90 Å². The third kappa shape index (κ3) is 2.88. The molecular weight excluding hydrogens is 286 g/mol. The highest BCUT2D eigenvalue weighted by atomic mass is 16.5. The van der Waals surface area contributed by atoms with E-state index >= 15 is 0 Å². The number of anilines is 1. The van der Waals surface area contributed by atoms with Crippen molar-refractivity contribution in [3.05, 3.63) is 90.4 Å². The van der Waals surface area contributed by atoms with Crippen molar-refractivity contribution in [1.82, 2.24) is 0 Å². The second-order valence-corrected chi connectivity index (χ2v) is 5.78. The fourth-order valence-electron chi connectivity index (χ4n) is 3.07. The summed E-state index contributed by atoms with van der Waals surface area (Å²) in [6.45, 7) is 1.51. The highest BCUT2D eigenvalue weighted by Gasteiger charge is 2.42. The molecule has 0 N–H and O–H groups in total. The van der Waals surface area contributed by atoms with Crippen molar-refractivity contribution in [3.8, 4) is 0 Å². The molecule has 2 atom stereocenters. The highest BCUT2D eigenvalue weighted by molar-refractivity contribution is 5.52. The van der Waals surface area contributed by atoms with Gasteiger partial charge in [-0.15, -0.1) is 0 Å². The first-order valence-corrected chi connectivity index (χ1v) is 7.92. The van der Waals surface area contributed by atoms with E-state index in [4.69, 9.17) is 9.15 Å². The Hall–Kier alpha value is -2.52. The Morgan fingerprint density at radius 1 is 0.913 bits per heavy atom. The first-order valence-electron chi connectivity index (χ1n) is 7.92. The average Bonchev–Trinajstić information content (AvgIpc) is 3.09. The average molecular weight is 305 g/mol. The molecule has 0 saturated carbocycles. The highest BCUT2D eigenvalue weighted by Crippen LogP contribution is 2.40. The topological polar surface area (TPSA) is 25.6 Å². The second kappa shape index (κ2) is 6.31. The van der Waals surface area contributed by atoms with Crippen molar-refractivity contribution < 1.29 is 9.15 Å². The molecule has 116 valence electrons. The van der Waals surface area contributed by atoms with Crippen molar-refractivity contribution in [2.24, 2.45) is 0 Å². The van der Waals surface area contributed by atoms with Gasteiger partial charge in [-0.1, -0.05) is 48.5 Å². The monoisotopic (exact) mass is 305 g/mol. The Kier molecular flexibility index (Phi) is 3.86. The Balaban J connectivity index is 1.50. The maximum atomic E-state index is 6.15. The summed E-state index contributed by atoms with van der Waals surface area (Å²) in [7, 11) is 0. The van der Waals surface area contributed by atoms with Gasteiger partial charge in [-0.25, -0.2) is 0 Å². The van der Waals surface area contributed by atoms with Gasteiger partial charge in [0.15, 0.2) is 0 Å². The van der Waals surface area contributed by atoms with Crippen LogP contribution in [0.15, 0.2) is 83.5 Å². The number of furan rings is 1. The zero-order valence-corrected chi connectivity index (χ0v) is 12.8. The molecule has 23 heavy (non-hydrogen) atoms. The van der Waals surface area contributed by atoms with Crippen LogP contribution in [0.25, 0.3) is 0 Å². The summed E-state index contributed by atoms with van der Waals surface area (Å²) in [6, 6.07) is 24.8. The lowest BCUT2D eigenvalue weighted by Gasteiger charge is -2.48. The van der Waals surface area contributed by atoms with E-state index < -0.39 is 0 Å². The molecule has 0 unspecified atom stereocenters. The van der Waals surface area contributed by atoms with Crippen molar-refractivity contribution in [2.45, 2.75) is 18.8 Å². The zero-order chi connectivity index (χ0) is 15.5. The van der Waals surface area contributed by atoms with Gasteiger partial charge in [-0.3, -0.25) is 0 Å². The van der Waals surface area contributed by atoms with E-state index in [1.54, 1.807) is 6.26 Å². The van der Waals surface area contributed by atoms with Gasteiger partial charge in [-0.2, -0.15) is 0 Å². The largest absolute Gasteiger partial charge is 0.467 e. The Bertz CT molecular complexity index is 723. The summed E-state index contributed by atoms with van der Waals surface area (Å²) < 4.78 is 11.8. The normalized spacial score (nSPS) is 20.3. The molecule has 3 aromatic rings. The van der Waals surface area contributed by atoms with Crippen LogP contribution in [0.4, 0.5) is 5.69 Å². The minimum atomic E-state index is 0.135. The number of hydrogen-bond donors (Lipinski definition) is 0. The summed E-state index contributed by atoms with van der Waals surface area (Å²) >= 11 is 0. The third-order valence-corrected chi connectivity index (χ3v) is 4.29. The predicted molar refractivity (Wildman–Crippen MR) is 90.3 cm³/mol. The summed E-state index contributed by atoms with van der Waals surface area (Å²) in [5.41, 5.74) is 2.40. The first-order chi connectivity index (χ1) is 11.4. The molecule has 1 fully saturated rings. The van der Waals surface area contributed by atoms with Crippen LogP contribution in [0.3, 0.4) is 0 Å². The van der Waals surface area contributed by atoms with Gasteiger partial charge in [0.1, 0.15) is 17.9 Å². The number of benzene rings is 2. The minimum Gasteiger partial charge on any atom is -0.467 e. The minimum absolute atomic E-state index is 0.135. The SMILES string of the molecule is c1ccc(CO[C@@H]2CN(c3ccccc3)[C@H]2c2ccco2)cc1. The molecular formula is C20H19NO2. The van der Waals surface area contributed by atoms with Crippen molar-refractivity contribution in [2.75, 3.05) is 11.4 Å². The third-order valence-electron chi connectivity index (χ3n) is 4.29. The molecule has 0 aliphatic carbocycles. The molecule has 1 aromatic heterocycles. The van der Waals surface area contributed by atoms with Gasteiger partial charge >= 0.3 is 0 Å². The number of nitrogens with zero attached hydrogens (tertiary/aromatic N) is 1. The van der Waals surface area contributed by atoms with Crippen LogP contribution in [-0.2, 0) is 11.3 Å². The molecule has 0 amide bonds. The van der Waals surface area contributed by atoms with E-state index in [-0.39, 0.29) is 12.1 Å². The number of rotatable bonds is 5. The lowest BCUT2D eigenvalue weighted by Crippen LogP contribution is -2.55. The van der Waals surface area contributed by atoms with E-state index in [9.17, 15) is 0 Å². The van der Waals surface area contributed by atoms with Gasteiger partial charge in [0, 0.05) is 12.2 Å². The van der Waals surface area contributed by atoms with Crippen molar-refractivity contribution in [1.29, 1.82) is 0 Å². The molecule has 1 saturated heterocycles. The van der Waals surface area contributed by atoms with Crippen LogP contribution in [0.5, 0.6) is 0 Å². The van der Waals surface area contributed by atoms with Crippen LogP contribution in [0.2, 0.25) is 0 Å². The summed E-state index contributed by atoms with van der Waals surface area (Å²) in [4.78, 5) is 2.33. The Morgan fingerprint density at radius 3 is 2.35 bits per heavy atom. The van der Waals surface area contributed by atoms with Crippen molar-refractivity contribution >= 4 is 5.69 Å². The molecule has 0 radical (unpaired) electrons. The first kappa shape index (κ1) is 14.1. The summed E-state index contributed by atoms with van der Waals surface area (Å²) in [6.07, 6.45) is 1.87. The summed E-state index contributed by atoms with van der Waals surface area (Å²) in [5.74, 6) is 0.957. The van der Waals surface area contributed by atoms with Gasteiger partial charge in [-0.05, 0) is 29.8 Å². The second-order valence-electron chi connectivity index (χ2n) is 5.78. The van der Waals surface area contributed by atoms with Crippen LogP contribution in [0.1, 0.15) is 17.4 Å². The summed E-state index contributed by atoms with van der Waals surface area (Å²) in [5, 5.41) is 0. The molecule has 4 rings (SSSR count). The quantitative estimate of drug-likeness (QED) is 0.697. The molecule has 1 aliphatic rings. The van der Waals surface area contributed by atoms with E-state index in [1.165, 1.54) is 11.3 Å². The molecule has 3 nitrogen and oxygen atoms in total. The molecule has 2 heterocycles. The smallest absolute Gasteiger partial charge is 0.128 e. The van der Waals surface area contributed by atoms with Crippen LogP contribution >= 0.6 is 0 Å². The Labute approximate surface area is 136 Å². The molecule has 2 aromatic carbocycles. The lowest BCUT2D eigenvalue weighted by molar-refractivity contribution is -0.0152. The maximum Gasteiger partial charge on any atom is 0.128 e. The molecule has 3 heteroatoms. The van der Waals surface area contributed by atoms with Gasteiger partial charge in [0.2, 0.25) is 0 Å². The molecule has 0 spiro atoms.